The van der Waals surface area contributed by atoms with Crippen molar-refractivity contribution in [2.24, 2.45) is 10.8 Å². The van der Waals surface area contributed by atoms with E-state index in [0.29, 0.717) is 7.25 Å². The molecule has 0 aromatic heterocycles. The Balaban J connectivity index is 0.00000422. The molecule has 0 amide bonds. The minimum atomic E-state index is -4.22. The molecule has 338 valence electrons. The molecule has 0 saturated heterocycles. The number of rotatable bonds is 8. The first-order valence-electron chi connectivity index (χ1n) is 22.5. The number of hydrogen-bond donors (Lipinski definition) is 0. The third kappa shape index (κ3) is 10.1. The Morgan fingerprint density at radius 3 is 1.03 bits per heavy atom. The van der Waals surface area contributed by atoms with E-state index < -0.39 is 17.4 Å². The minimum Gasteiger partial charge on any atom is -0.147 e. The van der Waals surface area contributed by atoms with Crippen molar-refractivity contribution in [2.75, 3.05) is 14.2 Å². The molecule has 4 aromatic rings. The first-order chi connectivity index (χ1) is 27.3. The van der Waals surface area contributed by atoms with Crippen LogP contribution in [-0.2, 0) is 28.2 Å². The van der Waals surface area contributed by atoms with Gasteiger partial charge in [0.05, 0.1) is 0 Å². The third-order valence-corrected chi connectivity index (χ3v) is 30.6. The van der Waals surface area contributed by atoms with Crippen molar-refractivity contribution < 1.29 is 26.9 Å². The molecule has 2 aliphatic carbocycles. The van der Waals surface area contributed by atoms with Crippen molar-refractivity contribution in [2.45, 2.75) is 151 Å². The summed E-state index contributed by atoms with van der Waals surface area (Å²) in [5.74, 6) is 2.05. The normalized spacial score (nSPS) is 16.8. The number of allylic oxidation sites excluding steroid dienone is 2. The van der Waals surface area contributed by atoms with E-state index in [2.05, 4.69) is 188 Å². The topological polar surface area (TPSA) is 18.5 Å². The standard InChI is InChI=1S/2C27H35O.2CH3.2ClH.H2Si.Zr/c2*1-17-10-18(2)12-21(11-17)24-22-14-19(16-26(3,4)5)13-20(22)15-23(25(24)28-9)27(6,7)8;;;;;;/h2*10-15H,16H2,1-9H3;2*1H3;2*1H;1H2;. The zero-order chi connectivity index (χ0) is 44.9. The maximum Gasteiger partial charge on any atom is -0.147 e. The third-order valence-electron chi connectivity index (χ3n) is 13.1. The van der Waals surface area contributed by atoms with Crippen LogP contribution in [0.3, 0.4) is 0 Å². The fourth-order valence-corrected chi connectivity index (χ4v) is 31.0. The predicted octanol–water partition coefficient (Wildman–Crippen LogP) is 16.5. The monoisotopic (exact) mass is 972 g/mol. The summed E-state index contributed by atoms with van der Waals surface area (Å²) in [7, 11) is 3.77. The van der Waals surface area contributed by atoms with Crippen LogP contribution in [0.1, 0.15) is 159 Å². The zero-order valence-electron chi connectivity index (χ0n) is 42.2. The van der Waals surface area contributed by atoms with Gasteiger partial charge in [0.25, 0.3) is 0 Å². The summed E-state index contributed by atoms with van der Waals surface area (Å²) in [5, 5.41) is 0. The maximum atomic E-state index is 6.57. The SMILES string of the molecule is COc1c(C(C)(C)C)cc2c(c1-c1cc(C)cc(C)c1)C=C(CC(C)(C)C)[CH]2[Zr]([CH3])([CH3])(=[SiH2])[CH]1C(CC(C)(C)C)=Cc2c1cc(C(C)(C)C)c(OC)c2-c1cc(C)cc(C)c1.Cl.Cl. The van der Waals surface area contributed by atoms with Crippen LogP contribution in [0.15, 0.2) is 59.7 Å². The van der Waals surface area contributed by atoms with Gasteiger partial charge in [0.1, 0.15) is 0 Å². The van der Waals surface area contributed by atoms with Crippen molar-refractivity contribution in [1.29, 1.82) is 0 Å². The summed E-state index contributed by atoms with van der Waals surface area (Å²) >= 11 is -4.22. The molecule has 2 atom stereocenters. The smallest absolute Gasteiger partial charge is 0.147 e. The summed E-state index contributed by atoms with van der Waals surface area (Å²) in [6, 6.07) is 19.3. The Hall–Kier alpha value is -2.36. The molecule has 2 nitrogen and oxygen atoms in total. The summed E-state index contributed by atoms with van der Waals surface area (Å²) in [5.41, 5.74) is 21.8. The average Bonchev–Trinajstić information content (AvgIpc) is 3.61. The molecular weight excluding hydrogens is 895 g/mol. The van der Waals surface area contributed by atoms with Gasteiger partial charge in [0.2, 0.25) is 0 Å². The van der Waals surface area contributed by atoms with Gasteiger partial charge in [-0.25, -0.2) is 0 Å². The van der Waals surface area contributed by atoms with Crippen LogP contribution >= 0.6 is 24.8 Å². The fraction of sp³-hybridized carbons (Fsp3) is 0.500. The van der Waals surface area contributed by atoms with Gasteiger partial charge in [0.15, 0.2) is 0 Å². The van der Waals surface area contributed by atoms with Gasteiger partial charge >= 0.3 is 371 Å². The second-order valence-corrected chi connectivity index (χ2v) is 55.1. The molecule has 62 heavy (non-hydrogen) atoms. The van der Waals surface area contributed by atoms with Gasteiger partial charge in [-0.3, -0.25) is 0 Å². The minimum absolute atomic E-state index is 0. The van der Waals surface area contributed by atoms with Crippen LogP contribution in [0, 0.1) is 38.5 Å². The first-order valence-corrected chi connectivity index (χ1v) is 36.2. The molecule has 0 fully saturated rings. The summed E-state index contributed by atoms with van der Waals surface area (Å²) in [6.07, 6.45) is 7.41. The molecule has 0 spiro atoms. The van der Waals surface area contributed by atoms with Gasteiger partial charge in [0, 0.05) is 0 Å². The Labute approximate surface area is 392 Å². The van der Waals surface area contributed by atoms with Crippen LogP contribution in [0.4, 0.5) is 0 Å². The summed E-state index contributed by atoms with van der Waals surface area (Å²) < 4.78 is 19.5. The van der Waals surface area contributed by atoms with Crippen LogP contribution in [0.5, 0.6) is 11.5 Å². The number of aryl methyl sites for hydroxylation is 4. The molecule has 0 heterocycles. The molecule has 0 radical (unpaired) electrons. The maximum absolute atomic E-state index is 6.57. The van der Waals surface area contributed by atoms with Gasteiger partial charge in [-0.2, -0.15) is 0 Å². The van der Waals surface area contributed by atoms with Gasteiger partial charge in [-0.1, -0.05) is 0 Å². The van der Waals surface area contributed by atoms with Crippen LogP contribution in [-0.4, -0.2) is 21.1 Å². The zero-order valence-corrected chi connectivity index (χ0v) is 47.7. The second kappa shape index (κ2) is 17.5. The Morgan fingerprint density at radius 2 is 0.790 bits per heavy atom. The number of methoxy groups -OCH3 is 2. The van der Waals surface area contributed by atoms with E-state index >= 15 is 0 Å². The van der Waals surface area contributed by atoms with E-state index in [-0.39, 0.29) is 46.5 Å². The van der Waals surface area contributed by atoms with Crippen molar-refractivity contribution in [1.82, 2.24) is 0 Å². The van der Waals surface area contributed by atoms with Gasteiger partial charge < -0.3 is 0 Å². The van der Waals surface area contributed by atoms with Crippen LogP contribution < -0.4 is 9.47 Å². The molecule has 0 aliphatic heterocycles. The number of fused-ring (bicyclic) bond motifs is 2. The Kier molecular flexibility index (Phi) is 14.7. The number of benzene rings is 4. The number of halogens is 2. The fourth-order valence-electron chi connectivity index (χ4n) is 11.4. The first kappa shape index (κ1) is 52.3. The molecule has 6 heteroatoms. The van der Waals surface area contributed by atoms with Gasteiger partial charge in [-0.15, -0.1) is 24.8 Å². The summed E-state index contributed by atoms with van der Waals surface area (Å²) in [4.78, 5) is 0. The largest absolute Gasteiger partial charge is 0.147 e. The quantitative estimate of drug-likeness (QED) is 0.164. The van der Waals surface area contributed by atoms with Gasteiger partial charge in [-0.05, 0) is 0 Å². The van der Waals surface area contributed by atoms with E-state index in [4.69, 9.17) is 9.47 Å². The molecule has 2 aliphatic rings. The summed E-state index contributed by atoms with van der Waals surface area (Å²) in [6.45, 7) is 40.2. The second-order valence-electron chi connectivity index (χ2n) is 24.6. The van der Waals surface area contributed by atoms with E-state index in [9.17, 15) is 0 Å². The van der Waals surface area contributed by atoms with Crippen molar-refractivity contribution >= 4 is 43.8 Å². The predicted molar refractivity (Wildman–Crippen MR) is 278 cm³/mol. The van der Waals surface area contributed by atoms with E-state index in [0.717, 1.165) is 24.3 Å². The molecular formula is C56H80Cl2O2SiZr. The Bertz CT molecular complexity index is 2310. The van der Waals surface area contributed by atoms with E-state index in [1.54, 1.807) is 11.1 Å². The van der Waals surface area contributed by atoms with Crippen molar-refractivity contribution in [3.8, 4) is 33.8 Å². The number of ether oxygens (including phenoxy) is 2. The average molecular weight is 975 g/mol. The number of hydrogen-bond acceptors (Lipinski definition) is 2. The molecule has 4 aromatic carbocycles. The van der Waals surface area contributed by atoms with E-state index in [1.807, 2.05) is 14.2 Å². The molecule has 0 saturated carbocycles. The molecule has 0 N–H and O–H groups in total. The Morgan fingerprint density at radius 1 is 0.500 bits per heavy atom. The van der Waals surface area contributed by atoms with Crippen LogP contribution in [0.25, 0.3) is 34.4 Å². The molecule has 6 rings (SSSR count). The van der Waals surface area contributed by atoms with Crippen LogP contribution in [0.2, 0.25) is 9.26 Å². The van der Waals surface area contributed by atoms with Crippen molar-refractivity contribution in [3.63, 3.8) is 0 Å². The molecule has 2 unspecified atom stereocenters. The molecule has 0 bridgehead atoms. The van der Waals surface area contributed by atoms with E-state index in [1.165, 1.54) is 77.9 Å². The van der Waals surface area contributed by atoms with Crippen molar-refractivity contribution in [3.05, 3.63) is 115 Å².